The Bertz CT molecular complexity index is 490. The van der Waals surface area contributed by atoms with E-state index in [1.165, 1.54) is 0 Å². The standard InChI is InChI=1S/C15H22N2O3/c1-4-10(2)14(16)15(18)17(3)8-11-5-6-12-13(7-11)20-9-19-12/h5-7,10,14H,4,8-9,16H2,1-3H3. The Labute approximate surface area is 119 Å². The summed E-state index contributed by atoms with van der Waals surface area (Å²) in [6.07, 6.45) is 0.894. The summed E-state index contributed by atoms with van der Waals surface area (Å²) in [5.41, 5.74) is 6.98. The van der Waals surface area contributed by atoms with Crippen LogP contribution in [0, 0.1) is 5.92 Å². The molecule has 1 heterocycles. The molecule has 0 radical (unpaired) electrons. The first-order valence-electron chi connectivity index (χ1n) is 6.92. The fourth-order valence-electron chi connectivity index (χ4n) is 2.14. The summed E-state index contributed by atoms with van der Waals surface area (Å²) >= 11 is 0. The van der Waals surface area contributed by atoms with Gasteiger partial charge < -0.3 is 20.1 Å². The lowest BCUT2D eigenvalue weighted by molar-refractivity contribution is -0.132. The molecule has 1 aliphatic heterocycles. The van der Waals surface area contributed by atoms with E-state index >= 15 is 0 Å². The van der Waals surface area contributed by atoms with Crippen LogP contribution in [0.4, 0.5) is 0 Å². The van der Waals surface area contributed by atoms with Crippen molar-refractivity contribution in [1.29, 1.82) is 0 Å². The third-order valence-electron chi connectivity index (χ3n) is 3.78. The van der Waals surface area contributed by atoms with Crippen LogP contribution in [0.1, 0.15) is 25.8 Å². The molecule has 0 spiro atoms. The number of benzene rings is 1. The van der Waals surface area contributed by atoms with Gasteiger partial charge in [-0.15, -0.1) is 0 Å². The van der Waals surface area contributed by atoms with E-state index in [1.807, 2.05) is 32.0 Å². The van der Waals surface area contributed by atoms with Crippen molar-refractivity contribution >= 4 is 5.91 Å². The number of amides is 1. The normalized spacial score (nSPS) is 15.8. The van der Waals surface area contributed by atoms with Gasteiger partial charge in [0.25, 0.3) is 0 Å². The molecular formula is C15H22N2O3. The third kappa shape index (κ3) is 3.04. The van der Waals surface area contributed by atoms with Crippen molar-refractivity contribution in [3.05, 3.63) is 23.8 Å². The van der Waals surface area contributed by atoms with E-state index in [4.69, 9.17) is 15.2 Å². The molecule has 0 saturated carbocycles. The monoisotopic (exact) mass is 278 g/mol. The second kappa shape index (κ2) is 6.13. The highest BCUT2D eigenvalue weighted by molar-refractivity contribution is 5.81. The van der Waals surface area contributed by atoms with Crippen molar-refractivity contribution in [3.63, 3.8) is 0 Å². The average Bonchev–Trinajstić information content (AvgIpc) is 2.92. The van der Waals surface area contributed by atoms with Gasteiger partial charge >= 0.3 is 0 Å². The molecule has 1 aliphatic rings. The maximum absolute atomic E-state index is 12.2. The molecule has 0 bridgehead atoms. The zero-order valence-corrected chi connectivity index (χ0v) is 12.3. The Balaban J connectivity index is 2.00. The van der Waals surface area contributed by atoms with Gasteiger partial charge in [0.2, 0.25) is 12.7 Å². The predicted octanol–water partition coefficient (Wildman–Crippen LogP) is 1.75. The van der Waals surface area contributed by atoms with Crippen LogP contribution in [0.15, 0.2) is 18.2 Å². The van der Waals surface area contributed by atoms with Crippen LogP contribution in [0.5, 0.6) is 11.5 Å². The maximum Gasteiger partial charge on any atom is 0.239 e. The molecule has 0 fully saturated rings. The Morgan fingerprint density at radius 3 is 2.80 bits per heavy atom. The van der Waals surface area contributed by atoms with Crippen molar-refractivity contribution < 1.29 is 14.3 Å². The van der Waals surface area contributed by atoms with Gasteiger partial charge in [-0.25, -0.2) is 0 Å². The summed E-state index contributed by atoms with van der Waals surface area (Å²) in [5.74, 6) is 1.63. The molecule has 5 nitrogen and oxygen atoms in total. The molecule has 1 aromatic carbocycles. The first-order chi connectivity index (χ1) is 9.52. The lowest BCUT2D eigenvalue weighted by atomic mass is 9.99. The third-order valence-corrected chi connectivity index (χ3v) is 3.78. The van der Waals surface area contributed by atoms with Crippen molar-refractivity contribution in [2.24, 2.45) is 11.7 Å². The first-order valence-corrected chi connectivity index (χ1v) is 6.92. The lowest BCUT2D eigenvalue weighted by Crippen LogP contribution is -2.45. The summed E-state index contributed by atoms with van der Waals surface area (Å²) in [6, 6.07) is 5.26. The van der Waals surface area contributed by atoms with Crippen molar-refractivity contribution in [2.75, 3.05) is 13.8 Å². The van der Waals surface area contributed by atoms with Crippen LogP contribution < -0.4 is 15.2 Å². The topological polar surface area (TPSA) is 64.8 Å². The number of nitrogens with zero attached hydrogens (tertiary/aromatic N) is 1. The average molecular weight is 278 g/mol. The van der Waals surface area contributed by atoms with Gasteiger partial charge in [0.05, 0.1) is 6.04 Å². The number of carbonyl (C=O) groups is 1. The smallest absolute Gasteiger partial charge is 0.239 e. The van der Waals surface area contributed by atoms with E-state index in [-0.39, 0.29) is 18.6 Å². The van der Waals surface area contributed by atoms with Gasteiger partial charge in [0.15, 0.2) is 11.5 Å². The summed E-state index contributed by atoms with van der Waals surface area (Å²) < 4.78 is 10.6. The van der Waals surface area contributed by atoms with E-state index in [1.54, 1.807) is 11.9 Å². The number of hydrogen-bond acceptors (Lipinski definition) is 4. The largest absolute Gasteiger partial charge is 0.454 e. The Morgan fingerprint density at radius 2 is 2.10 bits per heavy atom. The van der Waals surface area contributed by atoms with Crippen molar-refractivity contribution in [1.82, 2.24) is 4.90 Å². The molecule has 5 heteroatoms. The highest BCUT2D eigenvalue weighted by atomic mass is 16.7. The molecular weight excluding hydrogens is 256 g/mol. The van der Waals surface area contributed by atoms with Gasteiger partial charge in [-0.2, -0.15) is 0 Å². The highest BCUT2D eigenvalue weighted by Gasteiger charge is 2.23. The Kier molecular flexibility index (Phi) is 4.49. The minimum atomic E-state index is -0.445. The number of fused-ring (bicyclic) bond motifs is 1. The Hall–Kier alpha value is -1.75. The van der Waals surface area contributed by atoms with Gasteiger partial charge in [-0.1, -0.05) is 26.3 Å². The molecule has 1 aromatic rings. The van der Waals surface area contributed by atoms with Crippen molar-refractivity contribution in [2.45, 2.75) is 32.9 Å². The van der Waals surface area contributed by atoms with Crippen LogP contribution in [0.3, 0.4) is 0 Å². The fourth-order valence-corrected chi connectivity index (χ4v) is 2.14. The molecule has 0 aliphatic carbocycles. The summed E-state index contributed by atoms with van der Waals surface area (Å²) in [5, 5.41) is 0. The van der Waals surface area contributed by atoms with Crippen LogP contribution in [0.2, 0.25) is 0 Å². The highest BCUT2D eigenvalue weighted by Crippen LogP contribution is 2.32. The summed E-state index contributed by atoms with van der Waals surface area (Å²) in [6.45, 7) is 4.80. The van der Waals surface area contributed by atoms with Gasteiger partial charge in [-0.05, 0) is 23.6 Å². The number of nitrogens with two attached hydrogens (primary N) is 1. The predicted molar refractivity (Wildman–Crippen MR) is 76.5 cm³/mol. The molecule has 110 valence electrons. The van der Waals surface area contributed by atoms with Crippen LogP contribution in [-0.4, -0.2) is 30.7 Å². The van der Waals surface area contributed by atoms with E-state index in [9.17, 15) is 4.79 Å². The minimum absolute atomic E-state index is 0.0305. The lowest BCUT2D eigenvalue weighted by Gasteiger charge is -2.24. The summed E-state index contributed by atoms with van der Waals surface area (Å²) in [4.78, 5) is 13.9. The molecule has 2 unspecified atom stereocenters. The number of ether oxygens (including phenoxy) is 2. The van der Waals surface area contributed by atoms with Gasteiger partial charge in [0.1, 0.15) is 0 Å². The van der Waals surface area contributed by atoms with E-state index in [0.29, 0.717) is 6.54 Å². The number of carbonyl (C=O) groups excluding carboxylic acids is 1. The van der Waals surface area contributed by atoms with E-state index in [0.717, 1.165) is 23.5 Å². The zero-order chi connectivity index (χ0) is 14.7. The number of rotatable bonds is 5. The maximum atomic E-state index is 12.2. The first kappa shape index (κ1) is 14.7. The molecule has 1 amide bonds. The molecule has 20 heavy (non-hydrogen) atoms. The van der Waals surface area contributed by atoms with Crippen molar-refractivity contribution in [3.8, 4) is 11.5 Å². The fraction of sp³-hybridized carbons (Fsp3) is 0.533. The van der Waals surface area contributed by atoms with Crippen LogP contribution in [0.25, 0.3) is 0 Å². The Morgan fingerprint density at radius 1 is 1.40 bits per heavy atom. The quantitative estimate of drug-likeness (QED) is 0.891. The second-order valence-corrected chi connectivity index (χ2v) is 5.29. The van der Waals surface area contributed by atoms with Crippen LogP contribution >= 0.6 is 0 Å². The van der Waals surface area contributed by atoms with Gasteiger partial charge in [-0.3, -0.25) is 4.79 Å². The van der Waals surface area contributed by atoms with Crippen LogP contribution in [-0.2, 0) is 11.3 Å². The second-order valence-electron chi connectivity index (χ2n) is 5.29. The summed E-state index contributed by atoms with van der Waals surface area (Å²) in [7, 11) is 1.77. The number of hydrogen-bond donors (Lipinski definition) is 1. The zero-order valence-electron chi connectivity index (χ0n) is 12.3. The molecule has 2 N–H and O–H groups in total. The molecule has 2 atom stereocenters. The van der Waals surface area contributed by atoms with E-state index < -0.39 is 6.04 Å². The molecule has 2 rings (SSSR count). The molecule has 0 aromatic heterocycles. The van der Waals surface area contributed by atoms with E-state index in [2.05, 4.69) is 0 Å². The SMILES string of the molecule is CCC(C)C(N)C(=O)N(C)Cc1ccc2c(c1)OCO2. The number of likely N-dealkylation sites (N-methyl/N-ethyl adjacent to an activating group) is 1. The van der Waals surface area contributed by atoms with Gasteiger partial charge in [0, 0.05) is 13.6 Å². The molecule has 0 saturated heterocycles. The minimum Gasteiger partial charge on any atom is -0.454 e.